The molecule has 2 amide bonds. The van der Waals surface area contributed by atoms with Gasteiger partial charge >= 0.3 is 5.97 Å². The molecule has 0 fully saturated rings. The maximum absolute atomic E-state index is 12.2. The molecule has 0 aliphatic rings. The van der Waals surface area contributed by atoms with E-state index < -0.39 is 17.9 Å². The van der Waals surface area contributed by atoms with Crippen LogP contribution in [-0.4, -0.2) is 30.9 Å². The molecule has 1 aromatic carbocycles. The van der Waals surface area contributed by atoms with E-state index in [4.69, 9.17) is 0 Å². The fraction of sp³-hybridized carbons (Fsp3) is 0.400. The van der Waals surface area contributed by atoms with Crippen LogP contribution >= 0.6 is 0 Å². The van der Waals surface area contributed by atoms with Gasteiger partial charge in [0, 0.05) is 18.2 Å². The smallest absolute Gasteiger partial charge is 0.328 e. The van der Waals surface area contributed by atoms with Crippen molar-refractivity contribution in [2.45, 2.75) is 26.8 Å². The molecule has 6 heteroatoms. The van der Waals surface area contributed by atoms with Crippen molar-refractivity contribution in [3.63, 3.8) is 0 Å². The highest BCUT2D eigenvalue weighted by Gasteiger charge is 2.25. The topological polar surface area (TPSA) is 84.5 Å². The Hall–Kier alpha value is -2.37. The van der Waals surface area contributed by atoms with E-state index in [1.54, 1.807) is 24.3 Å². The van der Waals surface area contributed by atoms with Crippen LogP contribution in [-0.2, 0) is 14.3 Å². The van der Waals surface area contributed by atoms with Gasteiger partial charge in [0.2, 0.25) is 5.91 Å². The van der Waals surface area contributed by atoms with Gasteiger partial charge in [0.25, 0.3) is 5.91 Å². The molecule has 0 aliphatic heterocycles. The second-order valence-electron chi connectivity index (χ2n) is 4.98. The van der Waals surface area contributed by atoms with Gasteiger partial charge in [-0.1, -0.05) is 19.9 Å². The van der Waals surface area contributed by atoms with E-state index in [0.29, 0.717) is 11.3 Å². The highest BCUT2D eigenvalue weighted by molar-refractivity contribution is 5.98. The van der Waals surface area contributed by atoms with E-state index in [1.165, 1.54) is 14.0 Å². The largest absolute Gasteiger partial charge is 0.467 e. The zero-order valence-corrected chi connectivity index (χ0v) is 12.6. The predicted molar refractivity (Wildman–Crippen MR) is 78.9 cm³/mol. The molecule has 0 heterocycles. The molecule has 0 aromatic heterocycles. The van der Waals surface area contributed by atoms with Crippen LogP contribution in [0, 0.1) is 5.92 Å². The summed E-state index contributed by atoms with van der Waals surface area (Å²) in [6.07, 6.45) is 0. The van der Waals surface area contributed by atoms with Crippen molar-refractivity contribution in [3.05, 3.63) is 29.8 Å². The fourth-order valence-corrected chi connectivity index (χ4v) is 1.79. The molecule has 1 atom stereocenters. The number of anilines is 1. The first-order valence-corrected chi connectivity index (χ1v) is 6.61. The second kappa shape index (κ2) is 7.42. The number of benzene rings is 1. The van der Waals surface area contributed by atoms with Gasteiger partial charge in [-0.3, -0.25) is 9.59 Å². The summed E-state index contributed by atoms with van der Waals surface area (Å²) in [7, 11) is 1.28. The quantitative estimate of drug-likeness (QED) is 0.807. The summed E-state index contributed by atoms with van der Waals surface area (Å²) in [5.74, 6) is -1.20. The van der Waals surface area contributed by atoms with E-state index in [9.17, 15) is 14.4 Å². The van der Waals surface area contributed by atoms with Crippen molar-refractivity contribution in [2.24, 2.45) is 5.92 Å². The van der Waals surface area contributed by atoms with Crippen molar-refractivity contribution in [3.8, 4) is 0 Å². The molecule has 1 rings (SSSR count). The molecule has 0 saturated carbocycles. The van der Waals surface area contributed by atoms with Crippen LogP contribution in [0.4, 0.5) is 5.69 Å². The lowest BCUT2D eigenvalue weighted by atomic mass is 10.0. The Morgan fingerprint density at radius 1 is 1.19 bits per heavy atom. The van der Waals surface area contributed by atoms with Crippen molar-refractivity contribution < 1.29 is 19.1 Å². The molecule has 6 nitrogen and oxygen atoms in total. The Kier molecular flexibility index (Phi) is 5.90. The number of carbonyl (C=O) groups excluding carboxylic acids is 3. The van der Waals surface area contributed by atoms with Crippen LogP contribution in [0.25, 0.3) is 0 Å². The molecular formula is C15H20N2O4. The predicted octanol–water partition coefficient (Wildman–Crippen LogP) is 1.57. The Balaban J connectivity index is 2.87. The van der Waals surface area contributed by atoms with Gasteiger partial charge in [0.1, 0.15) is 6.04 Å². The lowest BCUT2D eigenvalue weighted by molar-refractivity contribution is -0.144. The van der Waals surface area contributed by atoms with Gasteiger partial charge in [0.15, 0.2) is 0 Å². The molecule has 1 aromatic rings. The minimum Gasteiger partial charge on any atom is -0.467 e. The number of methoxy groups -OCH3 is 1. The van der Waals surface area contributed by atoms with Crippen LogP contribution in [0.3, 0.4) is 0 Å². The minimum absolute atomic E-state index is 0.0973. The summed E-state index contributed by atoms with van der Waals surface area (Å²) in [4.78, 5) is 34.8. The average Bonchev–Trinajstić information content (AvgIpc) is 2.42. The van der Waals surface area contributed by atoms with E-state index >= 15 is 0 Å². The summed E-state index contributed by atoms with van der Waals surface area (Å²) < 4.78 is 4.68. The molecule has 0 unspecified atom stereocenters. The Morgan fingerprint density at radius 3 is 2.38 bits per heavy atom. The summed E-state index contributed by atoms with van der Waals surface area (Å²) in [6.45, 7) is 5.02. The van der Waals surface area contributed by atoms with E-state index in [0.717, 1.165) is 0 Å². The van der Waals surface area contributed by atoms with Crippen molar-refractivity contribution in [2.75, 3.05) is 12.4 Å². The summed E-state index contributed by atoms with van der Waals surface area (Å²) >= 11 is 0. The van der Waals surface area contributed by atoms with E-state index in [1.807, 2.05) is 13.8 Å². The van der Waals surface area contributed by atoms with E-state index in [-0.39, 0.29) is 11.8 Å². The van der Waals surface area contributed by atoms with Crippen molar-refractivity contribution in [1.82, 2.24) is 5.32 Å². The highest BCUT2D eigenvalue weighted by Crippen LogP contribution is 2.12. The lowest BCUT2D eigenvalue weighted by Gasteiger charge is -2.19. The molecule has 0 bridgehead atoms. The first-order valence-electron chi connectivity index (χ1n) is 6.61. The normalized spacial score (nSPS) is 11.7. The number of hydrogen-bond acceptors (Lipinski definition) is 4. The Morgan fingerprint density at radius 2 is 1.86 bits per heavy atom. The number of nitrogens with one attached hydrogen (secondary N) is 2. The third-order valence-electron chi connectivity index (χ3n) is 2.85. The van der Waals surface area contributed by atoms with Crippen LogP contribution in [0.15, 0.2) is 24.3 Å². The van der Waals surface area contributed by atoms with E-state index in [2.05, 4.69) is 15.4 Å². The zero-order valence-electron chi connectivity index (χ0n) is 12.6. The number of rotatable bonds is 5. The van der Waals surface area contributed by atoms with Crippen LogP contribution < -0.4 is 10.6 Å². The standard InChI is InChI=1S/C15H20N2O4/c1-9(2)13(15(20)21-4)17-14(19)11-6-5-7-12(8-11)16-10(3)18/h5-9,13H,1-4H3,(H,16,18)(H,17,19)/t13-/m1/s1. The number of carbonyl (C=O) groups is 3. The minimum atomic E-state index is -0.716. The maximum atomic E-state index is 12.2. The summed E-state index contributed by atoms with van der Waals surface area (Å²) in [5.41, 5.74) is 0.880. The van der Waals surface area contributed by atoms with Gasteiger partial charge in [-0.05, 0) is 24.1 Å². The Bertz CT molecular complexity index is 540. The number of hydrogen-bond donors (Lipinski definition) is 2. The van der Waals surface area contributed by atoms with Crippen LogP contribution in [0.2, 0.25) is 0 Å². The number of amides is 2. The lowest BCUT2D eigenvalue weighted by Crippen LogP contribution is -2.45. The van der Waals surface area contributed by atoms with Crippen LogP contribution in [0.1, 0.15) is 31.1 Å². The molecule has 0 saturated heterocycles. The van der Waals surface area contributed by atoms with Gasteiger partial charge in [0.05, 0.1) is 7.11 Å². The number of ether oxygens (including phenoxy) is 1. The molecule has 0 aliphatic carbocycles. The monoisotopic (exact) mass is 292 g/mol. The SMILES string of the molecule is COC(=O)[C@H](NC(=O)c1cccc(NC(C)=O)c1)C(C)C. The first-order chi connectivity index (χ1) is 9.85. The van der Waals surface area contributed by atoms with Gasteiger partial charge in [-0.2, -0.15) is 0 Å². The average molecular weight is 292 g/mol. The zero-order chi connectivity index (χ0) is 16.0. The van der Waals surface area contributed by atoms with Crippen molar-refractivity contribution in [1.29, 1.82) is 0 Å². The third kappa shape index (κ3) is 4.91. The summed E-state index contributed by atoms with van der Waals surface area (Å²) in [6, 6.07) is 5.77. The molecule has 0 spiro atoms. The summed E-state index contributed by atoms with van der Waals surface area (Å²) in [5, 5.41) is 5.24. The van der Waals surface area contributed by atoms with Gasteiger partial charge < -0.3 is 15.4 Å². The third-order valence-corrected chi connectivity index (χ3v) is 2.85. The molecule has 0 radical (unpaired) electrons. The first kappa shape index (κ1) is 16.7. The highest BCUT2D eigenvalue weighted by atomic mass is 16.5. The van der Waals surface area contributed by atoms with Crippen LogP contribution in [0.5, 0.6) is 0 Å². The molecular weight excluding hydrogens is 272 g/mol. The molecule has 2 N–H and O–H groups in total. The number of esters is 1. The van der Waals surface area contributed by atoms with Gasteiger partial charge in [-0.15, -0.1) is 0 Å². The Labute approximate surface area is 123 Å². The molecule has 114 valence electrons. The fourth-order valence-electron chi connectivity index (χ4n) is 1.79. The maximum Gasteiger partial charge on any atom is 0.328 e. The van der Waals surface area contributed by atoms with Gasteiger partial charge in [-0.25, -0.2) is 4.79 Å². The molecule has 21 heavy (non-hydrogen) atoms. The van der Waals surface area contributed by atoms with Crippen molar-refractivity contribution >= 4 is 23.5 Å². The second-order valence-corrected chi connectivity index (χ2v) is 4.98.